The smallest absolute Gasteiger partial charge is 0.264 e. The molecule has 3 atom stereocenters. The Kier molecular flexibility index (Phi) is 5.75. The number of halogens is 1. The van der Waals surface area contributed by atoms with E-state index >= 15 is 0 Å². The van der Waals surface area contributed by atoms with Crippen LogP contribution < -0.4 is 5.32 Å². The molecule has 1 amide bonds. The summed E-state index contributed by atoms with van der Waals surface area (Å²) in [7, 11) is -2.40. The SMILES string of the molecule is Cc1cc2c(cnn2-c2ccc(F)cc2)cc1[C@]12CN(S(=O)(=O)c3cnn(C)n3)C[C@H]1[C@@H]2C(=O)Nc1ccccc1O. The molecule has 5 aromatic rings. The number of phenols is 1. The summed E-state index contributed by atoms with van der Waals surface area (Å²) in [6.45, 7) is 2.14. The Balaban J connectivity index is 1.29. The van der Waals surface area contributed by atoms with Crippen LogP contribution in [0.25, 0.3) is 16.6 Å². The number of anilines is 1. The van der Waals surface area contributed by atoms with Gasteiger partial charge in [0.15, 0.2) is 0 Å². The minimum Gasteiger partial charge on any atom is -0.506 e. The first-order chi connectivity index (χ1) is 20.1. The van der Waals surface area contributed by atoms with Crippen LogP contribution >= 0.6 is 0 Å². The number of piperidine rings is 1. The molecular formula is C29H26FN7O4S. The number of phenolic OH excluding ortho intramolecular Hbond substituents is 1. The molecule has 2 N–H and O–H groups in total. The maximum Gasteiger partial charge on any atom is 0.264 e. The van der Waals surface area contributed by atoms with Gasteiger partial charge in [-0.15, -0.1) is 5.10 Å². The lowest BCUT2D eigenvalue weighted by Gasteiger charge is -2.24. The number of nitrogens with one attached hydrogen (secondary N) is 1. The second-order valence-electron chi connectivity index (χ2n) is 10.9. The van der Waals surface area contributed by atoms with Crippen LogP contribution in [0.15, 0.2) is 78.1 Å². The molecule has 2 aliphatic rings. The fourth-order valence-electron chi connectivity index (χ4n) is 6.47. The average Bonchev–Trinajstić information content (AvgIpc) is 3.38. The predicted octanol–water partition coefficient (Wildman–Crippen LogP) is 3.13. The number of rotatable bonds is 6. The molecule has 214 valence electrons. The average molecular weight is 588 g/mol. The number of carbonyl (C=O) groups is 1. The second-order valence-corrected chi connectivity index (χ2v) is 12.7. The van der Waals surface area contributed by atoms with Crippen molar-refractivity contribution in [2.24, 2.45) is 18.9 Å². The Morgan fingerprint density at radius 2 is 1.86 bits per heavy atom. The van der Waals surface area contributed by atoms with Gasteiger partial charge in [-0.1, -0.05) is 12.1 Å². The molecule has 3 heterocycles. The standard InChI is InChI=1S/C29H26FN7O4S/c1-17-11-24-18(13-32-37(24)20-9-7-19(30)8-10-20)12-21(17)29-16-36(42(40,41)26-14-31-35(2)34-26)15-22(29)27(29)28(39)33-23-5-3-4-6-25(23)38/h3-14,22,27,38H,15-16H2,1-2H3,(H,33,39)/t22-,27+,29+/m0/s1. The Hall–Kier alpha value is -4.62. The third-order valence-electron chi connectivity index (χ3n) is 8.46. The highest BCUT2D eigenvalue weighted by Gasteiger charge is 2.74. The summed E-state index contributed by atoms with van der Waals surface area (Å²) in [6, 6.07) is 16.4. The van der Waals surface area contributed by atoms with E-state index in [2.05, 4.69) is 20.6 Å². The van der Waals surface area contributed by atoms with Crippen LogP contribution in [0.1, 0.15) is 11.1 Å². The predicted molar refractivity (Wildman–Crippen MR) is 151 cm³/mol. The molecule has 0 bridgehead atoms. The number of aryl methyl sites for hydroxylation is 2. The van der Waals surface area contributed by atoms with Crippen LogP contribution in [0.4, 0.5) is 10.1 Å². The first-order valence-electron chi connectivity index (χ1n) is 13.3. The third-order valence-corrected chi connectivity index (χ3v) is 10.1. The van der Waals surface area contributed by atoms with Crippen molar-refractivity contribution in [2.75, 3.05) is 18.4 Å². The van der Waals surface area contributed by atoms with Crippen molar-refractivity contribution in [2.45, 2.75) is 17.4 Å². The fourth-order valence-corrected chi connectivity index (χ4v) is 7.87. The zero-order valence-electron chi connectivity index (χ0n) is 22.6. The molecule has 0 unspecified atom stereocenters. The Labute approximate surface area is 240 Å². The van der Waals surface area contributed by atoms with E-state index in [0.717, 1.165) is 22.0 Å². The number of benzene rings is 3. The summed E-state index contributed by atoms with van der Waals surface area (Å²) in [4.78, 5) is 14.9. The van der Waals surface area contributed by atoms with Gasteiger partial charge in [-0.2, -0.15) is 19.3 Å². The van der Waals surface area contributed by atoms with Gasteiger partial charge in [-0.25, -0.2) is 17.5 Å². The summed E-state index contributed by atoms with van der Waals surface area (Å²) < 4.78 is 43.7. The highest BCUT2D eigenvalue weighted by atomic mass is 32.2. The van der Waals surface area contributed by atoms with Gasteiger partial charge in [0.25, 0.3) is 10.0 Å². The zero-order valence-corrected chi connectivity index (χ0v) is 23.5. The van der Waals surface area contributed by atoms with Gasteiger partial charge >= 0.3 is 0 Å². The number of aromatic nitrogens is 5. The van der Waals surface area contributed by atoms with Crippen LogP contribution in [0.3, 0.4) is 0 Å². The summed E-state index contributed by atoms with van der Waals surface area (Å²) in [5, 5.41) is 26.2. The van der Waals surface area contributed by atoms with Crippen molar-refractivity contribution >= 4 is 32.5 Å². The van der Waals surface area contributed by atoms with E-state index in [0.29, 0.717) is 11.4 Å². The van der Waals surface area contributed by atoms with Gasteiger partial charge in [0, 0.05) is 30.9 Å². The van der Waals surface area contributed by atoms with Gasteiger partial charge in [0.1, 0.15) is 11.6 Å². The maximum atomic E-state index is 13.7. The Bertz CT molecular complexity index is 1990. The molecular weight excluding hydrogens is 561 g/mol. The quantitative estimate of drug-likeness (QED) is 0.292. The maximum absolute atomic E-state index is 13.7. The van der Waals surface area contributed by atoms with Gasteiger partial charge in [0.2, 0.25) is 10.9 Å². The summed E-state index contributed by atoms with van der Waals surface area (Å²) in [5.74, 6) is -1.53. The number of carbonyl (C=O) groups excluding carboxylic acids is 1. The molecule has 3 aromatic carbocycles. The van der Waals surface area contributed by atoms with E-state index < -0.39 is 21.4 Å². The van der Waals surface area contributed by atoms with Gasteiger partial charge < -0.3 is 10.4 Å². The molecule has 2 fully saturated rings. The molecule has 0 spiro atoms. The molecule has 1 saturated carbocycles. The molecule has 13 heteroatoms. The van der Waals surface area contributed by atoms with Crippen molar-refractivity contribution in [3.05, 3.63) is 90.0 Å². The van der Waals surface area contributed by atoms with Crippen molar-refractivity contribution in [1.29, 1.82) is 0 Å². The van der Waals surface area contributed by atoms with Crippen molar-refractivity contribution in [3.63, 3.8) is 0 Å². The lowest BCUT2D eigenvalue weighted by atomic mass is 9.88. The third kappa shape index (κ3) is 3.91. The number of amides is 1. The minimum atomic E-state index is -3.95. The number of hydrogen-bond donors (Lipinski definition) is 2. The molecule has 0 radical (unpaired) electrons. The van der Waals surface area contributed by atoms with E-state index in [4.69, 9.17) is 0 Å². The van der Waals surface area contributed by atoms with E-state index in [-0.39, 0.29) is 41.5 Å². The normalized spacial score (nSPS) is 21.9. The fraction of sp³-hybridized carbons (Fsp3) is 0.241. The first kappa shape index (κ1) is 26.3. The number of fused-ring (bicyclic) bond motifs is 2. The zero-order chi connectivity index (χ0) is 29.4. The van der Waals surface area contributed by atoms with Gasteiger partial charge in [0.05, 0.1) is 35.2 Å². The second kappa shape index (κ2) is 9.19. The van der Waals surface area contributed by atoms with Crippen molar-refractivity contribution in [3.8, 4) is 11.4 Å². The van der Waals surface area contributed by atoms with E-state index in [1.54, 1.807) is 48.3 Å². The highest BCUT2D eigenvalue weighted by Crippen LogP contribution is 2.66. The van der Waals surface area contributed by atoms with Gasteiger partial charge in [-0.3, -0.25) is 4.79 Å². The number of sulfonamides is 1. The van der Waals surface area contributed by atoms with Crippen LogP contribution in [0.5, 0.6) is 5.75 Å². The minimum absolute atomic E-state index is 0.0524. The lowest BCUT2D eigenvalue weighted by Crippen LogP contribution is -2.37. The molecule has 1 aliphatic carbocycles. The summed E-state index contributed by atoms with van der Waals surface area (Å²) in [5.41, 5.74) is 2.71. The van der Waals surface area contributed by atoms with Gasteiger partial charge in [-0.05, 0) is 72.5 Å². The summed E-state index contributed by atoms with van der Waals surface area (Å²) >= 11 is 0. The van der Waals surface area contributed by atoms with Crippen LogP contribution in [-0.4, -0.2) is 61.6 Å². The summed E-state index contributed by atoms with van der Waals surface area (Å²) in [6.07, 6.45) is 2.92. The van der Waals surface area contributed by atoms with Crippen LogP contribution in [0, 0.1) is 24.6 Å². The lowest BCUT2D eigenvalue weighted by molar-refractivity contribution is -0.118. The largest absolute Gasteiger partial charge is 0.506 e. The molecule has 1 saturated heterocycles. The molecule has 11 nitrogen and oxygen atoms in total. The number of hydrogen-bond acceptors (Lipinski definition) is 7. The molecule has 42 heavy (non-hydrogen) atoms. The topological polar surface area (TPSA) is 135 Å². The highest BCUT2D eigenvalue weighted by molar-refractivity contribution is 7.89. The van der Waals surface area contributed by atoms with E-state index in [9.17, 15) is 22.7 Å². The molecule has 1 aliphatic heterocycles. The van der Waals surface area contributed by atoms with E-state index in [1.165, 1.54) is 33.5 Å². The van der Waals surface area contributed by atoms with Crippen molar-refractivity contribution < 1.29 is 22.7 Å². The van der Waals surface area contributed by atoms with Crippen LogP contribution in [-0.2, 0) is 27.3 Å². The first-order valence-corrected chi connectivity index (χ1v) is 14.7. The number of aromatic hydroxyl groups is 1. The monoisotopic (exact) mass is 587 g/mol. The Morgan fingerprint density at radius 1 is 1.10 bits per heavy atom. The molecule has 7 rings (SSSR count). The molecule has 2 aromatic heterocycles. The Morgan fingerprint density at radius 3 is 2.57 bits per heavy atom. The van der Waals surface area contributed by atoms with E-state index in [1.807, 2.05) is 19.1 Å². The van der Waals surface area contributed by atoms with Crippen LogP contribution in [0.2, 0.25) is 0 Å². The number of nitrogens with zero attached hydrogens (tertiary/aromatic N) is 6. The van der Waals surface area contributed by atoms with Crippen molar-refractivity contribution in [1.82, 2.24) is 29.1 Å². The number of para-hydroxylation sites is 2.